The highest BCUT2D eigenvalue weighted by Gasteiger charge is 2.26. The number of nitrogens with zero attached hydrogens (tertiary/aromatic N) is 3. The first kappa shape index (κ1) is 19.9. The maximum absolute atomic E-state index is 13.1. The highest BCUT2D eigenvalue weighted by atomic mass is 32.1. The number of thiazole rings is 1. The number of aryl methyl sites for hydroxylation is 2. The van der Waals surface area contributed by atoms with Crippen LogP contribution in [0.4, 0.5) is 5.13 Å². The lowest BCUT2D eigenvalue weighted by Gasteiger charge is -2.34. The Bertz CT molecular complexity index is 1270. The SMILES string of the molecule is CCOc1cccc2cc(C(=O)N3CCN(c4nc5c(C)c(C)ccc5s4)CC3)oc12. The van der Waals surface area contributed by atoms with E-state index in [4.69, 9.17) is 14.1 Å². The Hall–Kier alpha value is -3.06. The Morgan fingerprint density at radius 2 is 1.97 bits per heavy atom. The van der Waals surface area contributed by atoms with Crippen molar-refractivity contribution in [2.24, 2.45) is 0 Å². The number of rotatable bonds is 4. The van der Waals surface area contributed by atoms with Gasteiger partial charge < -0.3 is 19.0 Å². The maximum atomic E-state index is 13.1. The number of hydrogen-bond acceptors (Lipinski definition) is 6. The summed E-state index contributed by atoms with van der Waals surface area (Å²) >= 11 is 1.72. The van der Waals surface area contributed by atoms with E-state index in [9.17, 15) is 4.79 Å². The third-order valence-electron chi connectivity index (χ3n) is 5.93. The van der Waals surface area contributed by atoms with Crippen LogP contribution in [0.3, 0.4) is 0 Å². The van der Waals surface area contributed by atoms with Crippen LogP contribution in [0.25, 0.3) is 21.2 Å². The molecule has 0 unspecified atom stereocenters. The molecule has 2 aromatic carbocycles. The van der Waals surface area contributed by atoms with Crippen LogP contribution in [0.2, 0.25) is 0 Å². The summed E-state index contributed by atoms with van der Waals surface area (Å²) in [4.78, 5) is 22.1. The molecule has 4 aromatic rings. The quantitative estimate of drug-likeness (QED) is 0.450. The van der Waals surface area contributed by atoms with Gasteiger partial charge in [-0.3, -0.25) is 4.79 Å². The fourth-order valence-corrected chi connectivity index (χ4v) is 5.09. The molecule has 0 N–H and O–H groups in total. The highest BCUT2D eigenvalue weighted by molar-refractivity contribution is 7.22. The lowest BCUT2D eigenvalue weighted by Crippen LogP contribution is -2.48. The minimum Gasteiger partial charge on any atom is -0.490 e. The number of furan rings is 1. The van der Waals surface area contributed by atoms with Crippen molar-refractivity contribution >= 4 is 43.6 Å². The standard InChI is InChI=1S/C24H25N3O3S/c1-4-29-18-7-5-6-17-14-19(30-22(17)18)23(28)26-10-12-27(13-11-26)24-25-21-16(3)15(2)8-9-20(21)31-24/h5-9,14H,4,10-13H2,1-3H3. The van der Waals surface area contributed by atoms with Crippen molar-refractivity contribution in [3.63, 3.8) is 0 Å². The number of amides is 1. The number of fused-ring (bicyclic) bond motifs is 2. The first-order valence-corrected chi connectivity index (χ1v) is 11.4. The molecule has 31 heavy (non-hydrogen) atoms. The number of hydrogen-bond donors (Lipinski definition) is 0. The molecule has 1 aliphatic rings. The predicted octanol–water partition coefficient (Wildman–Crippen LogP) is 5.02. The van der Waals surface area contributed by atoms with Crippen LogP contribution in [0, 0.1) is 13.8 Å². The van der Waals surface area contributed by atoms with Gasteiger partial charge in [-0.15, -0.1) is 0 Å². The van der Waals surface area contributed by atoms with Crippen molar-refractivity contribution in [3.05, 3.63) is 53.3 Å². The van der Waals surface area contributed by atoms with E-state index in [1.165, 1.54) is 15.8 Å². The third kappa shape index (κ3) is 3.53. The Balaban J connectivity index is 1.31. The Morgan fingerprint density at radius 3 is 2.74 bits per heavy atom. The largest absolute Gasteiger partial charge is 0.490 e. The van der Waals surface area contributed by atoms with Crippen molar-refractivity contribution < 1.29 is 13.9 Å². The molecule has 1 fully saturated rings. The lowest BCUT2D eigenvalue weighted by atomic mass is 10.1. The number of ether oxygens (including phenoxy) is 1. The van der Waals surface area contributed by atoms with Gasteiger partial charge >= 0.3 is 0 Å². The molecule has 6 nitrogen and oxygen atoms in total. The molecule has 1 amide bonds. The van der Waals surface area contributed by atoms with Crippen molar-refractivity contribution in [2.45, 2.75) is 20.8 Å². The van der Waals surface area contributed by atoms with E-state index in [0.717, 1.165) is 29.1 Å². The van der Waals surface area contributed by atoms with Crippen LogP contribution in [0.15, 0.2) is 40.8 Å². The topological polar surface area (TPSA) is 58.8 Å². The number of aromatic nitrogens is 1. The molecular formula is C24H25N3O3S. The van der Waals surface area contributed by atoms with Gasteiger partial charge in [-0.2, -0.15) is 0 Å². The molecule has 0 aliphatic carbocycles. The van der Waals surface area contributed by atoms with Gasteiger partial charge in [0.2, 0.25) is 0 Å². The molecule has 7 heteroatoms. The predicted molar refractivity (Wildman–Crippen MR) is 125 cm³/mol. The summed E-state index contributed by atoms with van der Waals surface area (Å²) in [5.41, 5.74) is 4.22. The molecule has 2 aromatic heterocycles. The monoisotopic (exact) mass is 435 g/mol. The van der Waals surface area contributed by atoms with Gasteiger partial charge in [0.05, 0.1) is 16.8 Å². The van der Waals surface area contributed by atoms with Crippen LogP contribution >= 0.6 is 11.3 Å². The smallest absolute Gasteiger partial charge is 0.289 e. The molecule has 0 saturated carbocycles. The molecular weight excluding hydrogens is 410 g/mol. The maximum Gasteiger partial charge on any atom is 0.289 e. The fourth-order valence-electron chi connectivity index (χ4n) is 4.02. The molecule has 3 heterocycles. The first-order chi connectivity index (χ1) is 15.0. The Kier molecular flexibility index (Phi) is 5.06. The van der Waals surface area contributed by atoms with Gasteiger partial charge in [-0.05, 0) is 50.1 Å². The summed E-state index contributed by atoms with van der Waals surface area (Å²) < 4.78 is 12.7. The second kappa shape index (κ2) is 7.89. The number of carbonyl (C=O) groups excluding carboxylic acids is 1. The molecule has 0 spiro atoms. The van der Waals surface area contributed by atoms with Gasteiger partial charge in [-0.1, -0.05) is 29.5 Å². The van der Waals surface area contributed by atoms with E-state index in [1.807, 2.05) is 36.1 Å². The number of piperazine rings is 1. The molecule has 1 aliphatic heterocycles. The second-order valence-electron chi connectivity index (χ2n) is 7.85. The molecule has 0 bridgehead atoms. The Morgan fingerprint density at radius 1 is 1.16 bits per heavy atom. The zero-order valence-electron chi connectivity index (χ0n) is 18.0. The lowest BCUT2D eigenvalue weighted by molar-refractivity contribution is 0.0717. The number of anilines is 1. The molecule has 160 valence electrons. The van der Waals surface area contributed by atoms with E-state index in [0.29, 0.717) is 36.8 Å². The summed E-state index contributed by atoms with van der Waals surface area (Å²) in [6, 6.07) is 11.8. The average molecular weight is 436 g/mol. The van der Waals surface area contributed by atoms with Gasteiger partial charge in [0, 0.05) is 31.6 Å². The van der Waals surface area contributed by atoms with E-state index in [1.54, 1.807) is 11.3 Å². The van der Waals surface area contributed by atoms with Crippen molar-refractivity contribution in [3.8, 4) is 5.75 Å². The van der Waals surface area contributed by atoms with Crippen molar-refractivity contribution in [1.82, 2.24) is 9.88 Å². The van der Waals surface area contributed by atoms with Crippen LogP contribution in [-0.4, -0.2) is 48.6 Å². The van der Waals surface area contributed by atoms with E-state index in [-0.39, 0.29) is 5.91 Å². The summed E-state index contributed by atoms with van der Waals surface area (Å²) in [5, 5.41) is 1.91. The highest BCUT2D eigenvalue weighted by Crippen LogP contribution is 2.33. The summed E-state index contributed by atoms with van der Waals surface area (Å²) in [6.45, 7) is 9.53. The fraction of sp³-hybridized carbons (Fsp3) is 0.333. The zero-order chi connectivity index (χ0) is 21.5. The van der Waals surface area contributed by atoms with Gasteiger partial charge in [0.1, 0.15) is 0 Å². The van der Waals surface area contributed by atoms with E-state index >= 15 is 0 Å². The van der Waals surface area contributed by atoms with Crippen LogP contribution in [-0.2, 0) is 0 Å². The second-order valence-corrected chi connectivity index (χ2v) is 8.86. The van der Waals surface area contributed by atoms with E-state index in [2.05, 4.69) is 30.9 Å². The summed E-state index contributed by atoms with van der Waals surface area (Å²) in [6.07, 6.45) is 0. The van der Waals surface area contributed by atoms with Crippen molar-refractivity contribution in [2.75, 3.05) is 37.7 Å². The number of benzene rings is 2. The number of para-hydroxylation sites is 1. The van der Waals surface area contributed by atoms with Crippen molar-refractivity contribution in [1.29, 1.82) is 0 Å². The minimum atomic E-state index is -0.0749. The number of carbonyl (C=O) groups is 1. The van der Waals surface area contributed by atoms with Crippen LogP contribution in [0.5, 0.6) is 5.75 Å². The summed E-state index contributed by atoms with van der Waals surface area (Å²) in [7, 11) is 0. The van der Waals surface area contributed by atoms with E-state index < -0.39 is 0 Å². The molecule has 1 saturated heterocycles. The minimum absolute atomic E-state index is 0.0749. The molecule has 0 radical (unpaired) electrons. The van der Waals surface area contributed by atoms with Gasteiger partial charge in [-0.25, -0.2) is 4.98 Å². The average Bonchev–Trinajstić information content (AvgIpc) is 3.42. The molecule has 0 atom stereocenters. The van der Waals surface area contributed by atoms with Gasteiger partial charge in [0.25, 0.3) is 5.91 Å². The van der Waals surface area contributed by atoms with Crippen LogP contribution in [0.1, 0.15) is 28.6 Å². The normalized spacial score (nSPS) is 14.5. The zero-order valence-corrected chi connectivity index (χ0v) is 18.8. The van der Waals surface area contributed by atoms with Gasteiger partial charge in [0.15, 0.2) is 22.2 Å². The summed E-state index contributed by atoms with van der Waals surface area (Å²) in [5.74, 6) is 0.959. The molecule has 5 rings (SSSR count). The third-order valence-corrected chi connectivity index (χ3v) is 7.01. The Labute approximate surface area is 185 Å². The first-order valence-electron chi connectivity index (χ1n) is 10.6. The van der Waals surface area contributed by atoms with Crippen LogP contribution < -0.4 is 9.64 Å².